The molecule has 0 spiro atoms. The van der Waals surface area contributed by atoms with Gasteiger partial charge in [-0.15, -0.1) is 22.7 Å². The summed E-state index contributed by atoms with van der Waals surface area (Å²) in [6.45, 7) is 0. The van der Waals surface area contributed by atoms with Crippen molar-refractivity contribution in [2.24, 2.45) is 0 Å². The first-order valence-electron chi connectivity index (χ1n) is 4.30. The summed E-state index contributed by atoms with van der Waals surface area (Å²) in [5.41, 5.74) is 0.354. The molecule has 2 aromatic rings. The minimum atomic E-state index is -0.883. The highest BCUT2D eigenvalue weighted by molar-refractivity contribution is 7.12. The third kappa shape index (κ3) is 2.34. The second-order valence-electron chi connectivity index (χ2n) is 2.86. The minimum Gasteiger partial charge on any atom is -0.478 e. The first-order chi connectivity index (χ1) is 7.27. The largest absolute Gasteiger partial charge is 0.478 e. The lowest BCUT2D eigenvalue weighted by molar-refractivity contribution is -0.130. The molecule has 2 heterocycles. The number of carboxylic acid groups (broad SMARTS) is 1. The maximum atomic E-state index is 11.1. The van der Waals surface area contributed by atoms with E-state index in [0.29, 0.717) is 5.57 Å². The van der Waals surface area contributed by atoms with Crippen LogP contribution in [0.3, 0.4) is 0 Å². The van der Waals surface area contributed by atoms with Crippen molar-refractivity contribution in [2.75, 3.05) is 0 Å². The molecule has 1 N–H and O–H groups in total. The van der Waals surface area contributed by atoms with Gasteiger partial charge in [0, 0.05) is 9.75 Å². The maximum absolute atomic E-state index is 11.1. The summed E-state index contributed by atoms with van der Waals surface area (Å²) in [5.74, 6) is -0.883. The predicted molar refractivity (Wildman–Crippen MR) is 64.1 cm³/mol. The van der Waals surface area contributed by atoms with Crippen LogP contribution in [0.1, 0.15) is 9.75 Å². The minimum absolute atomic E-state index is 0.354. The Hall–Kier alpha value is -1.39. The fourth-order valence-electron chi connectivity index (χ4n) is 1.19. The zero-order valence-corrected chi connectivity index (χ0v) is 9.35. The second kappa shape index (κ2) is 4.42. The summed E-state index contributed by atoms with van der Waals surface area (Å²) in [6, 6.07) is 7.48. The van der Waals surface area contributed by atoms with Crippen LogP contribution < -0.4 is 0 Å². The molecule has 0 saturated heterocycles. The maximum Gasteiger partial charge on any atom is 0.337 e. The van der Waals surface area contributed by atoms with E-state index in [2.05, 4.69) is 0 Å². The van der Waals surface area contributed by atoms with Crippen molar-refractivity contribution in [1.82, 2.24) is 0 Å². The molecule has 2 rings (SSSR count). The van der Waals surface area contributed by atoms with Gasteiger partial charge in [0.05, 0.1) is 5.57 Å². The summed E-state index contributed by atoms with van der Waals surface area (Å²) in [6.07, 6.45) is 1.71. The number of hydrogen-bond donors (Lipinski definition) is 1. The monoisotopic (exact) mass is 236 g/mol. The highest BCUT2D eigenvalue weighted by Crippen LogP contribution is 2.24. The Balaban J connectivity index is 2.41. The zero-order valence-electron chi connectivity index (χ0n) is 7.71. The van der Waals surface area contributed by atoms with Gasteiger partial charge >= 0.3 is 5.97 Å². The number of aliphatic carboxylic acids is 1. The highest BCUT2D eigenvalue weighted by Gasteiger charge is 2.11. The van der Waals surface area contributed by atoms with Crippen LogP contribution in [-0.4, -0.2) is 11.1 Å². The summed E-state index contributed by atoms with van der Waals surface area (Å²) >= 11 is 2.97. The van der Waals surface area contributed by atoms with Crippen molar-refractivity contribution >= 4 is 40.3 Å². The van der Waals surface area contributed by atoms with Crippen LogP contribution in [0.15, 0.2) is 35.0 Å². The number of carboxylic acids is 1. The Bertz CT molecular complexity index is 467. The molecule has 2 aromatic heterocycles. The Morgan fingerprint density at radius 3 is 2.47 bits per heavy atom. The number of carbonyl (C=O) groups is 1. The molecule has 0 aliphatic carbocycles. The number of hydrogen-bond acceptors (Lipinski definition) is 3. The van der Waals surface area contributed by atoms with Gasteiger partial charge in [-0.3, -0.25) is 0 Å². The van der Waals surface area contributed by atoms with Crippen LogP contribution in [0.5, 0.6) is 0 Å². The van der Waals surface area contributed by atoms with E-state index in [0.717, 1.165) is 9.75 Å². The van der Waals surface area contributed by atoms with E-state index in [1.165, 1.54) is 22.7 Å². The van der Waals surface area contributed by atoms with E-state index in [1.54, 1.807) is 6.08 Å². The lowest BCUT2D eigenvalue weighted by Gasteiger charge is -1.97. The summed E-state index contributed by atoms with van der Waals surface area (Å²) in [5, 5.41) is 12.9. The number of thiophene rings is 2. The van der Waals surface area contributed by atoms with Crippen LogP contribution in [0.4, 0.5) is 0 Å². The first-order valence-corrected chi connectivity index (χ1v) is 6.05. The molecule has 2 nitrogen and oxygen atoms in total. The van der Waals surface area contributed by atoms with Crippen molar-refractivity contribution in [2.45, 2.75) is 0 Å². The van der Waals surface area contributed by atoms with Gasteiger partial charge in [0.1, 0.15) is 0 Å². The summed E-state index contributed by atoms with van der Waals surface area (Å²) in [7, 11) is 0. The van der Waals surface area contributed by atoms with Gasteiger partial charge in [-0.25, -0.2) is 4.79 Å². The van der Waals surface area contributed by atoms with Crippen molar-refractivity contribution in [3.8, 4) is 0 Å². The molecule has 0 aliphatic rings. The normalized spacial score (nSPS) is 11.6. The van der Waals surface area contributed by atoms with Crippen LogP contribution in [-0.2, 0) is 4.79 Å². The van der Waals surface area contributed by atoms with E-state index < -0.39 is 5.97 Å². The Kier molecular flexibility index (Phi) is 2.99. The van der Waals surface area contributed by atoms with E-state index in [4.69, 9.17) is 5.11 Å². The van der Waals surface area contributed by atoms with E-state index >= 15 is 0 Å². The third-order valence-electron chi connectivity index (χ3n) is 1.85. The van der Waals surface area contributed by atoms with Gasteiger partial charge in [0.2, 0.25) is 0 Å². The molecule has 0 radical (unpaired) electrons. The van der Waals surface area contributed by atoms with Crippen molar-refractivity contribution in [3.63, 3.8) is 0 Å². The van der Waals surface area contributed by atoms with E-state index in [-0.39, 0.29) is 0 Å². The molecule has 76 valence electrons. The van der Waals surface area contributed by atoms with E-state index in [1.807, 2.05) is 35.0 Å². The SMILES string of the molecule is O=C(O)/C(=C/c1cccs1)c1cccs1. The molecule has 0 bridgehead atoms. The second-order valence-corrected chi connectivity index (χ2v) is 4.78. The van der Waals surface area contributed by atoms with Crippen LogP contribution >= 0.6 is 22.7 Å². The third-order valence-corrected chi connectivity index (χ3v) is 3.57. The summed E-state index contributed by atoms with van der Waals surface area (Å²) in [4.78, 5) is 12.8. The Morgan fingerprint density at radius 2 is 1.93 bits per heavy atom. The molecule has 0 amide bonds. The van der Waals surface area contributed by atoms with E-state index in [9.17, 15) is 4.79 Å². The van der Waals surface area contributed by atoms with Gasteiger partial charge < -0.3 is 5.11 Å². The first kappa shape index (κ1) is 10.1. The topological polar surface area (TPSA) is 37.3 Å². The quantitative estimate of drug-likeness (QED) is 0.829. The molecular formula is C11H8O2S2. The van der Waals surface area contributed by atoms with Gasteiger partial charge in [0.25, 0.3) is 0 Å². The smallest absolute Gasteiger partial charge is 0.337 e. The average molecular weight is 236 g/mol. The molecule has 0 atom stereocenters. The summed E-state index contributed by atoms with van der Waals surface area (Å²) < 4.78 is 0. The number of rotatable bonds is 3. The molecule has 4 heteroatoms. The van der Waals surface area contributed by atoms with Crippen molar-refractivity contribution in [1.29, 1.82) is 0 Å². The van der Waals surface area contributed by atoms with Crippen LogP contribution in [0.25, 0.3) is 11.6 Å². The lowest BCUT2D eigenvalue weighted by Crippen LogP contribution is -1.96. The van der Waals surface area contributed by atoms with Gasteiger partial charge in [0.15, 0.2) is 0 Å². The zero-order chi connectivity index (χ0) is 10.7. The molecule has 15 heavy (non-hydrogen) atoms. The Morgan fingerprint density at radius 1 is 1.20 bits per heavy atom. The van der Waals surface area contributed by atoms with Gasteiger partial charge in [-0.1, -0.05) is 12.1 Å². The molecule has 0 aromatic carbocycles. The average Bonchev–Trinajstić information content (AvgIpc) is 2.87. The highest BCUT2D eigenvalue weighted by atomic mass is 32.1. The van der Waals surface area contributed by atoms with Crippen molar-refractivity contribution < 1.29 is 9.90 Å². The standard InChI is InChI=1S/C11H8O2S2/c12-11(13)9(10-4-2-6-15-10)7-8-3-1-5-14-8/h1-7H,(H,12,13)/b9-7+. The molecular weight excluding hydrogens is 228 g/mol. The molecule has 0 aliphatic heterocycles. The fourth-order valence-corrected chi connectivity index (χ4v) is 2.58. The Labute approximate surface area is 95.1 Å². The fraction of sp³-hybridized carbons (Fsp3) is 0. The van der Waals surface area contributed by atoms with Gasteiger partial charge in [-0.2, -0.15) is 0 Å². The predicted octanol–water partition coefficient (Wildman–Crippen LogP) is 3.43. The van der Waals surface area contributed by atoms with Gasteiger partial charge in [-0.05, 0) is 29.0 Å². The molecule has 0 fully saturated rings. The van der Waals surface area contributed by atoms with Crippen LogP contribution in [0.2, 0.25) is 0 Å². The van der Waals surface area contributed by atoms with Crippen molar-refractivity contribution in [3.05, 3.63) is 44.8 Å². The molecule has 0 saturated carbocycles. The lowest BCUT2D eigenvalue weighted by atomic mass is 10.2. The molecule has 0 unspecified atom stereocenters. The van der Waals surface area contributed by atoms with Crippen LogP contribution in [0, 0.1) is 0 Å².